The summed E-state index contributed by atoms with van der Waals surface area (Å²) in [6.07, 6.45) is 0.110. The van der Waals surface area contributed by atoms with Crippen LogP contribution in [0.3, 0.4) is 0 Å². The van der Waals surface area contributed by atoms with Crippen LogP contribution in [0.4, 0.5) is 5.69 Å². The van der Waals surface area contributed by atoms with Crippen LogP contribution in [-0.4, -0.2) is 30.7 Å². The summed E-state index contributed by atoms with van der Waals surface area (Å²) in [5.74, 6) is 1.17. The minimum Gasteiger partial charge on any atom is -0.497 e. The third kappa shape index (κ3) is 4.52. The quantitative estimate of drug-likeness (QED) is 0.390. The number of aromatic nitrogens is 1. The van der Waals surface area contributed by atoms with Crippen LogP contribution in [0, 0.1) is 0 Å². The molecule has 1 aromatic heterocycles. The summed E-state index contributed by atoms with van der Waals surface area (Å²) in [5.41, 5.74) is 2.89. The molecule has 2 amide bonds. The molecule has 0 unspecified atom stereocenters. The molecule has 1 atom stereocenters. The third-order valence-corrected chi connectivity index (χ3v) is 5.59. The highest BCUT2D eigenvalue weighted by molar-refractivity contribution is 5.98. The van der Waals surface area contributed by atoms with E-state index in [2.05, 4.69) is 15.6 Å². The Hall–Kier alpha value is -4.46. The van der Waals surface area contributed by atoms with E-state index in [0.717, 1.165) is 16.6 Å². The van der Waals surface area contributed by atoms with Crippen molar-refractivity contribution in [2.75, 3.05) is 19.2 Å². The molecule has 1 aliphatic rings. The zero-order valence-electron chi connectivity index (χ0n) is 18.5. The second kappa shape index (κ2) is 9.19. The van der Waals surface area contributed by atoms with Gasteiger partial charge in [0.2, 0.25) is 12.7 Å². The number of benzene rings is 3. The number of hydrogen-bond donors (Lipinski definition) is 3. The lowest BCUT2D eigenvalue weighted by Crippen LogP contribution is -2.37. The van der Waals surface area contributed by atoms with E-state index in [1.807, 2.05) is 30.3 Å². The van der Waals surface area contributed by atoms with Crippen molar-refractivity contribution >= 4 is 28.4 Å². The van der Waals surface area contributed by atoms with Crippen LogP contribution in [0.25, 0.3) is 10.9 Å². The van der Waals surface area contributed by atoms with Gasteiger partial charge in [0.1, 0.15) is 11.8 Å². The fourth-order valence-electron chi connectivity index (χ4n) is 3.90. The smallest absolute Gasteiger partial charge is 0.251 e. The number of anilines is 1. The van der Waals surface area contributed by atoms with Crippen LogP contribution >= 0.6 is 0 Å². The topological polar surface area (TPSA) is 102 Å². The van der Waals surface area contributed by atoms with Crippen molar-refractivity contribution in [2.24, 2.45) is 0 Å². The van der Waals surface area contributed by atoms with E-state index < -0.39 is 6.04 Å². The summed E-state index contributed by atoms with van der Waals surface area (Å²) in [6.45, 7) is 0.144. The molecule has 8 heteroatoms. The molecule has 0 spiro atoms. The summed E-state index contributed by atoms with van der Waals surface area (Å²) < 4.78 is 15.9. The number of nitrogens with one attached hydrogen (secondary N) is 3. The van der Waals surface area contributed by atoms with Gasteiger partial charge in [0.15, 0.2) is 11.5 Å². The third-order valence-electron chi connectivity index (χ3n) is 5.59. The fourth-order valence-corrected chi connectivity index (χ4v) is 3.90. The van der Waals surface area contributed by atoms with E-state index in [1.54, 1.807) is 49.6 Å². The second-order valence-electron chi connectivity index (χ2n) is 7.89. The zero-order chi connectivity index (χ0) is 23.5. The number of H-pyrrole nitrogens is 1. The average molecular weight is 457 g/mol. The Balaban J connectivity index is 1.35. The molecule has 0 bridgehead atoms. The van der Waals surface area contributed by atoms with Gasteiger partial charge in [-0.3, -0.25) is 9.59 Å². The van der Waals surface area contributed by atoms with Gasteiger partial charge in [-0.05, 0) is 47.3 Å². The Labute approximate surface area is 195 Å². The predicted octanol–water partition coefficient (Wildman–Crippen LogP) is 3.94. The van der Waals surface area contributed by atoms with Crippen molar-refractivity contribution < 1.29 is 23.8 Å². The Morgan fingerprint density at radius 3 is 2.59 bits per heavy atom. The SMILES string of the molecule is COc1ccc([C@@H](NC(=O)Cc2cc3ccccc3[nH]2)C(=O)Nc2ccc3c(c2)OCO3)cc1. The first kappa shape index (κ1) is 21.4. The van der Waals surface area contributed by atoms with Gasteiger partial charge in [-0.15, -0.1) is 0 Å². The fraction of sp³-hybridized carbons (Fsp3) is 0.154. The van der Waals surface area contributed by atoms with Crippen LogP contribution in [0.1, 0.15) is 17.3 Å². The second-order valence-corrected chi connectivity index (χ2v) is 7.89. The number of aromatic amines is 1. The molecule has 5 rings (SSSR count). The first-order valence-corrected chi connectivity index (χ1v) is 10.8. The number of rotatable bonds is 7. The molecule has 0 saturated carbocycles. The first-order chi connectivity index (χ1) is 16.6. The van der Waals surface area contributed by atoms with Crippen LogP contribution in [0.5, 0.6) is 17.2 Å². The highest BCUT2D eigenvalue weighted by Crippen LogP contribution is 2.34. The van der Waals surface area contributed by atoms with Gasteiger partial charge >= 0.3 is 0 Å². The lowest BCUT2D eigenvalue weighted by atomic mass is 10.0. The van der Waals surface area contributed by atoms with E-state index in [9.17, 15) is 9.59 Å². The van der Waals surface area contributed by atoms with Gasteiger partial charge < -0.3 is 29.8 Å². The van der Waals surface area contributed by atoms with E-state index in [4.69, 9.17) is 14.2 Å². The first-order valence-electron chi connectivity index (χ1n) is 10.8. The largest absolute Gasteiger partial charge is 0.497 e. The summed E-state index contributed by atoms with van der Waals surface area (Å²) in [7, 11) is 1.57. The molecule has 3 aromatic carbocycles. The molecule has 1 aliphatic heterocycles. The maximum absolute atomic E-state index is 13.3. The van der Waals surface area contributed by atoms with Crippen molar-refractivity contribution in [1.82, 2.24) is 10.3 Å². The summed E-state index contributed by atoms with van der Waals surface area (Å²) in [5, 5.41) is 6.76. The Morgan fingerprint density at radius 1 is 1.00 bits per heavy atom. The number of hydrogen-bond acceptors (Lipinski definition) is 5. The van der Waals surface area contributed by atoms with Crippen molar-refractivity contribution in [1.29, 1.82) is 0 Å². The molecule has 2 heterocycles. The van der Waals surface area contributed by atoms with Crippen molar-refractivity contribution in [2.45, 2.75) is 12.5 Å². The predicted molar refractivity (Wildman–Crippen MR) is 127 cm³/mol. The number of fused-ring (bicyclic) bond motifs is 2. The molecular formula is C26H23N3O5. The number of para-hydroxylation sites is 1. The standard InChI is InChI=1S/C26H23N3O5/c1-32-20-9-6-16(7-10-20)25(26(31)28-18-8-11-22-23(13-18)34-15-33-22)29-24(30)14-19-12-17-4-2-3-5-21(17)27-19/h2-13,25,27H,14-15H2,1H3,(H,28,31)(H,29,30)/t25-/m1/s1. The number of carbonyl (C=O) groups is 2. The molecule has 4 aromatic rings. The van der Waals surface area contributed by atoms with Gasteiger partial charge in [0.05, 0.1) is 13.5 Å². The number of methoxy groups -OCH3 is 1. The van der Waals surface area contributed by atoms with Gasteiger partial charge in [-0.1, -0.05) is 30.3 Å². The van der Waals surface area contributed by atoms with Gasteiger partial charge in [0.25, 0.3) is 5.91 Å². The van der Waals surface area contributed by atoms with Crippen LogP contribution in [0.15, 0.2) is 72.8 Å². The summed E-state index contributed by atoms with van der Waals surface area (Å²) in [4.78, 5) is 29.4. The molecule has 0 aliphatic carbocycles. The van der Waals surface area contributed by atoms with Crippen molar-refractivity contribution in [3.63, 3.8) is 0 Å². The number of amides is 2. The van der Waals surface area contributed by atoms with Gasteiger partial charge in [-0.25, -0.2) is 0 Å². The Kier molecular flexibility index (Phi) is 5.78. The Morgan fingerprint density at radius 2 is 1.79 bits per heavy atom. The lowest BCUT2D eigenvalue weighted by Gasteiger charge is -2.19. The molecule has 0 saturated heterocycles. The van der Waals surface area contributed by atoms with Crippen molar-refractivity contribution in [3.05, 3.63) is 84.1 Å². The summed E-state index contributed by atoms with van der Waals surface area (Å²) >= 11 is 0. The molecular weight excluding hydrogens is 434 g/mol. The Bertz CT molecular complexity index is 1310. The molecule has 3 N–H and O–H groups in total. The highest BCUT2D eigenvalue weighted by Gasteiger charge is 2.24. The highest BCUT2D eigenvalue weighted by atomic mass is 16.7. The normalized spacial score (nSPS) is 12.9. The van der Waals surface area contributed by atoms with Gasteiger partial charge in [-0.2, -0.15) is 0 Å². The van der Waals surface area contributed by atoms with Crippen molar-refractivity contribution in [3.8, 4) is 17.2 Å². The molecule has 172 valence electrons. The maximum Gasteiger partial charge on any atom is 0.251 e. The van der Waals surface area contributed by atoms with E-state index in [1.165, 1.54) is 0 Å². The van der Waals surface area contributed by atoms with Crippen LogP contribution in [-0.2, 0) is 16.0 Å². The number of carbonyl (C=O) groups excluding carboxylic acids is 2. The van der Waals surface area contributed by atoms with Gasteiger partial charge in [0, 0.05) is 23.0 Å². The molecule has 34 heavy (non-hydrogen) atoms. The van der Waals surface area contributed by atoms with E-state index >= 15 is 0 Å². The molecule has 8 nitrogen and oxygen atoms in total. The lowest BCUT2D eigenvalue weighted by molar-refractivity contribution is -0.126. The van der Waals surface area contributed by atoms with Crippen LogP contribution in [0.2, 0.25) is 0 Å². The minimum absolute atomic E-state index is 0.110. The minimum atomic E-state index is -0.909. The monoisotopic (exact) mass is 457 g/mol. The molecule has 0 fully saturated rings. The average Bonchev–Trinajstić information content (AvgIpc) is 3.48. The molecule has 0 radical (unpaired) electrons. The zero-order valence-corrected chi connectivity index (χ0v) is 18.5. The van der Waals surface area contributed by atoms with E-state index in [0.29, 0.717) is 28.5 Å². The van der Waals surface area contributed by atoms with Crippen LogP contribution < -0.4 is 24.8 Å². The summed E-state index contributed by atoms with van der Waals surface area (Å²) in [6, 6.07) is 21.0. The maximum atomic E-state index is 13.3. The van der Waals surface area contributed by atoms with E-state index in [-0.39, 0.29) is 25.0 Å². The number of ether oxygens (including phenoxy) is 3.